The minimum absolute atomic E-state index is 0.00865. The van der Waals surface area contributed by atoms with E-state index in [0.29, 0.717) is 5.69 Å². The maximum atomic E-state index is 11.7. The van der Waals surface area contributed by atoms with Gasteiger partial charge in [-0.1, -0.05) is 32.0 Å². The summed E-state index contributed by atoms with van der Waals surface area (Å²) in [5.41, 5.74) is 2.54. The number of hydrogen-bond acceptors (Lipinski definition) is 4. The molecule has 140 valence electrons. The summed E-state index contributed by atoms with van der Waals surface area (Å²) in [5, 5.41) is 22.2. The lowest BCUT2D eigenvalue weighted by Gasteiger charge is -2.27. The molecular formula is C21H27NO4. The zero-order valence-corrected chi connectivity index (χ0v) is 15.5. The Labute approximate surface area is 154 Å². The highest BCUT2D eigenvalue weighted by molar-refractivity contribution is 5.86. The lowest BCUT2D eigenvalue weighted by atomic mass is 9.78. The van der Waals surface area contributed by atoms with Crippen LogP contribution in [0.2, 0.25) is 0 Å². The molecule has 1 amide bonds. The molecule has 0 aromatic heterocycles. The van der Waals surface area contributed by atoms with Crippen molar-refractivity contribution in [3.63, 3.8) is 0 Å². The molecule has 0 saturated heterocycles. The number of rotatable bonds is 7. The number of phenolic OH excluding ortho intramolecular Hbond substituents is 2. The van der Waals surface area contributed by atoms with Crippen LogP contribution in [0.15, 0.2) is 42.5 Å². The minimum atomic E-state index is -0.585. The average Bonchev–Trinajstić information content (AvgIpc) is 2.63. The number of carbonyl (C=O) groups excluding carboxylic acids is 1. The first kappa shape index (κ1) is 19.6. The number of phenols is 2. The summed E-state index contributed by atoms with van der Waals surface area (Å²) in [4.78, 5) is 11.7. The molecule has 0 unspecified atom stereocenters. The van der Waals surface area contributed by atoms with Crippen LogP contribution in [0.5, 0.6) is 11.5 Å². The fourth-order valence-corrected chi connectivity index (χ4v) is 3.39. The molecule has 2 aromatic rings. The van der Waals surface area contributed by atoms with Gasteiger partial charge in [0.05, 0.1) is 12.3 Å². The van der Waals surface area contributed by atoms with E-state index in [-0.39, 0.29) is 29.9 Å². The second kappa shape index (κ2) is 9.13. The van der Waals surface area contributed by atoms with Gasteiger partial charge >= 0.3 is 6.09 Å². The molecule has 2 atom stereocenters. The van der Waals surface area contributed by atoms with Crippen molar-refractivity contribution in [1.82, 2.24) is 0 Å². The molecule has 0 saturated carbocycles. The normalized spacial score (nSPS) is 13.0. The van der Waals surface area contributed by atoms with Crippen molar-refractivity contribution >= 4 is 11.8 Å². The molecule has 0 spiro atoms. The third-order valence-corrected chi connectivity index (χ3v) is 4.65. The Morgan fingerprint density at radius 2 is 1.54 bits per heavy atom. The van der Waals surface area contributed by atoms with E-state index in [4.69, 9.17) is 4.74 Å². The topological polar surface area (TPSA) is 78.8 Å². The highest BCUT2D eigenvalue weighted by atomic mass is 16.5. The molecule has 0 heterocycles. The number of aromatic hydroxyl groups is 2. The Morgan fingerprint density at radius 3 is 2.12 bits per heavy atom. The van der Waals surface area contributed by atoms with Gasteiger partial charge in [0.15, 0.2) is 0 Å². The van der Waals surface area contributed by atoms with E-state index in [1.54, 1.807) is 25.1 Å². The highest BCUT2D eigenvalue weighted by Crippen LogP contribution is 2.40. The first-order valence-electron chi connectivity index (χ1n) is 9.05. The maximum absolute atomic E-state index is 11.7. The molecule has 0 aliphatic rings. The summed E-state index contributed by atoms with van der Waals surface area (Å²) in [6.45, 7) is 6.26. The number of hydrogen-bond donors (Lipinski definition) is 3. The Bertz CT molecular complexity index is 727. The maximum Gasteiger partial charge on any atom is 0.411 e. The number of ether oxygens (including phenoxy) is 1. The quantitative estimate of drug-likeness (QED) is 0.584. The molecule has 0 radical (unpaired) electrons. The third kappa shape index (κ3) is 4.69. The largest absolute Gasteiger partial charge is 0.508 e. The second-order valence-corrected chi connectivity index (χ2v) is 6.24. The van der Waals surface area contributed by atoms with E-state index in [0.717, 1.165) is 24.0 Å². The van der Waals surface area contributed by atoms with Crippen LogP contribution in [-0.4, -0.2) is 22.9 Å². The first-order valence-corrected chi connectivity index (χ1v) is 9.05. The molecule has 2 aromatic carbocycles. The van der Waals surface area contributed by atoms with Gasteiger partial charge in [0.25, 0.3) is 0 Å². The Morgan fingerprint density at radius 1 is 0.962 bits per heavy atom. The SMILES string of the molecule is CCO[11C](=O)Nc1cc([C@H](CC)[C@H](CC)c2ccc(O)cc2)ccc1O. The molecule has 26 heavy (non-hydrogen) atoms. The van der Waals surface area contributed by atoms with Crippen LogP contribution in [0.1, 0.15) is 56.6 Å². The van der Waals surface area contributed by atoms with Crippen molar-refractivity contribution < 1.29 is 19.7 Å². The number of amides is 1. The molecule has 0 aliphatic heterocycles. The van der Waals surface area contributed by atoms with Gasteiger partial charge < -0.3 is 14.9 Å². The van der Waals surface area contributed by atoms with Gasteiger partial charge in [0, 0.05) is 0 Å². The minimum Gasteiger partial charge on any atom is -0.508 e. The first-order chi connectivity index (χ1) is 12.5. The Kier molecular flexibility index (Phi) is 6.89. The fraction of sp³-hybridized carbons (Fsp3) is 0.381. The van der Waals surface area contributed by atoms with Gasteiger partial charge in [-0.2, -0.15) is 0 Å². The van der Waals surface area contributed by atoms with Crippen molar-refractivity contribution in [3.8, 4) is 11.5 Å². The van der Waals surface area contributed by atoms with Crippen LogP contribution < -0.4 is 5.32 Å². The monoisotopic (exact) mass is 356 g/mol. The smallest absolute Gasteiger partial charge is 0.411 e. The predicted molar refractivity (Wildman–Crippen MR) is 103 cm³/mol. The van der Waals surface area contributed by atoms with E-state index in [9.17, 15) is 15.0 Å². The zero-order chi connectivity index (χ0) is 19.1. The third-order valence-electron chi connectivity index (χ3n) is 4.65. The summed E-state index contributed by atoms with van der Waals surface area (Å²) in [5.74, 6) is 0.741. The molecule has 3 N–H and O–H groups in total. The summed E-state index contributed by atoms with van der Waals surface area (Å²) in [6.07, 6.45) is 1.26. The van der Waals surface area contributed by atoms with Crippen molar-refractivity contribution in [1.29, 1.82) is 0 Å². The number of carbonyl (C=O) groups is 1. The van der Waals surface area contributed by atoms with E-state index in [1.807, 2.05) is 24.3 Å². The van der Waals surface area contributed by atoms with Gasteiger partial charge in [-0.15, -0.1) is 0 Å². The van der Waals surface area contributed by atoms with Crippen LogP contribution in [0, 0.1) is 0 Å². The van der Waals surface area contributed by atoms with Crippen LogP contribution >= 0.6 is 0 Å². The van der Waals surface area contributed by atoms with E-state index < -0.39 is 6.09 Å². The predicted octanol–water partition coefficient (Wildman–Crippen LogP) is 5.35. The highest BCUT2D eigenvalue weighted by Gasteiger charge is 2.23. The van der Waals surface area contributed by atoms with Crippen LogP contribution in [-0.2, 0) is 4.74 Å². The van der Waals surface area contributed by atoms with Gasteiger partial charge in [-0.05, 0) is 67.0 Å². The number of benzene rings is 2. The fourth-order valence-electron chi connectivity index (χ4n) is 3.39. The average molecular weight is 356 g/mol. The molecular weight excluding hydrogens is 329 g/mol. The van der Waals surface area contributed by atoms with Crippen molar-refractivity contribution in [2.45, 2.75) is 45.4 Å². The standard InChI is InChI=1S/C21H27NO4/c1-4-17(14-7-10-16(23)11-8-14)18(5-2)15-9-12-20(24)19(13-15)22-21(25)26-6-3/h7-13,17-18,23-24H,4-6H2,1-3H3,(H,22,25)/t17-,18+/m1/s1/i21-1. The van der Waals surface area contributed by atoms with Gasteiger partial charge in [0.2, 0.25) is 0 Å². The van der Waals surface area contributed by atoms with E-state index in [2.05, 4.69) is 19.2 Å². The summed E-state index contributed by atoms with van der Waals surface area (Å²) < 4.78 is 4.89. The van der Waals surface area contributed by atoms with Crippen LogP contribution in [0.25, 0.3) is 0 Å². The van der Waals surface area contributed by atoms with Crippen molar-refractivity contribution in [2.75, 3.05) is 11.9 Å². The summed E-state index contributed by atoms with van der Waals surface area (Å²) in [6, 6.07) is 12.6. The number of nitrogens with one attached hydrogen (secondary N) is 1. The number of anilines is 1. The lowest BCUT2D eigenvalue weighted by molar-refractivity contribution is 0.168. The van der Waals surface area contributed by atoms with Gasteiger partial charge in [0.1, 0.15) is 11.5 Å². The molecule has 0 bridgehead atoms. The second-order valence-electron chi connectivity index (χ2n) is 6.24. The van der Waals surface area contributed by atoms with E-state index in [1.165, 1.54) is 0 Å². The lowest BCUT2D eigenvalue weighted by Crippen LogP contribution is -2.14. The molecule has 0 fully saturated rings. The molecule has 2 rings (SSSR count). The molecule has 0 aliphatic carbocycles. The van der Waals surface area contributed by atoms with Gasteiger partial charge in [-0.25, -0.2) is 4.79 Å². The van der Waals surface area contributed by atoms with Crippen LogP contribution in [0.4, 0.5) is 10.5 Å². The summed E-state index contributed by atoms with van der Waals surface area (Å²) in [7, 11) is 0. The Balaban J connectivity index is 2.33. The molecule has 5 heteroatoms. The Hall–Kier alpha value is -2.69. The molecule has 5 nitrogen and oxygen atoms in total. The summed E-state index contributed by atoms with van der Waals surface area (Å²) >= 11 is 0. The van der Waals surface area contributed by atoms with Crippen LogP contribution in [0.3, 0.4) is 0 Å². The zero-order valence-electron chi connectivity index (χ0n) is 15.5. The van der Waals surface area contributed by atoms with Gasteiger partial charge in [-0.3, -0.25) is 5.32 Å². The van der Waals surface area contributed by atoms with E-state index >= 15 is 0 Å². The van der Waals surface area contributed by atoms with Crippen molar-refractivity contribution in [2.24, 2.45) is 0 Å². The van der Waals surface area contributed by atoms with Crippen molar-refractivity contribution in [3.05, 3.63) is 53.6 Å².